The second-order valence-corrected chi connectivity index (χ2v) is 10.3. The summed E-state index contributed by atoms with van der Waals surface area (Å²) in [7, 11) is 0. The van der Waals surface area contributed by atoms with E-state index >= 15 is 0 Å². The van der Waals surface area contributed by atoms with Crippen LogP contribution in [0.2, 0.25) is 0 Å². The second-order valence-electron chi connectivity index (χ2n) is 9.41. The predicted molar refractivity (Wildman–Crippen MR) is 140 cm³/mol. The molecule has 9 nitrogen and oxygen atoms in total. The van der Waals surface area contributed by atoms with Crippen LogP contribution in [0.4, 0.5) is 16.3 Å². The van der Waals surface area contributed by atoms with Crippen LogP contribution in [0.3, 0.4) is 0 Å². The highest BCUT2D eigenvalue weighted by atomic mass is 32.1. The number of hydrogen-bond donors (Lipinski definition) is 3. The molecule has 2 atom stereocenters. The molecule has 1 fully saturated rings. The van der Waals surface area contributed by atoms with Gasteiger partial charge in [0.2, 0.25) is 0 Å². The summed E-state index contributed by atoms with van der Waals surface area (Å²) in [4.78, 5) is 33.7. The van der Waals surface area contributed by atoms with Crippen molar-refractivity contribution in [1.82, 2.24) is 35.1 Å². The first-order valence-electron chi connectivity index (χ1n) is 12.0. The number of carbonyl (C=O) groups excluding carboxylic acids is 1. The van der Waals surface area contributed by atoms with E-state index < -0.39 is 0 Å². The molecule has 0 spiro atoms. The summed E-state index contributed by atoms with van der Waals surface area (Å²) in [5, 5.41) is 7.86. The third kappa shape index (κ3) is 4.35. The SMILES string of the molecule is CC1CN(C(=O)N2CC=C(c3cc4c(Nc5ccc6ncsc6c5)ncnc4[nH]3)CC2)CC(C)N1. The number of hydrogen-bond acceptors (Lipinski definition) is 7. The molecule has 2 aliphatic rings. The predicted octanol–water partition coefficient (Wildman–Crippen LogP) is 4.20. The van der Waals surface area contributed by atoms with E-state index in [9.17, 15) is 4.79 Å². The van der Waals surface area contributed by atoms with Crippen molar-refractivity contribution in [3.05, 3.63) is 47.9 Å². The topological polar surface area (TPSA) is 102 Å². The highest BCUT2D eigenvalue weighted by Crippen LogP contribution is 2.30. The van der Waals surface area contributed by atoms with Crippen LogP contribution < -0.4 is 10.6 Å². The smallest absolute Gasteiger partial charge is 0.320 e. The molecule has 0 aliphatic carbocycles. The number of piperazine rings is 1. The van der Waals surface area contributed by atoms with Gasteiger partial charge in [-0.2, -0.15) is 0 Å². The molecule has 5 heterocycles. The molecular weight excluding hydrogens is 460 g/mol. The van der Waals surface area contributed by atoms with Crippen LogP contribution in [0.25, 0.3) is 26.8 Å². The summed E-state index contributed by atoms with van der Waals surface area (Å²) in [6.45, 7) is 7.08. The third-order valence-corrected chi connectivity index (χ3v) is 7.47. The summed E-state index contributed by atoms with van der Waals surface area (Å²) >= 11 is 1.62. The number of nitrogens with one attached hydrogen (secondary N) is 3. The molecule has 0 bridgehead atoms. The van der Waals surface area contributed by atoms with E-state index in [4.69, 9.17) is 0 Å². The molecule has 2 unspecified atom stereocenters. The Morgan fingerprint density at radius 2 is 1.97 bits per heavy atom. The molecule has 180 valence electrons. The Kier molecular flexibility index (Phi) is 5.62. The lowest BCUT2D eigenvalue weighted by atomic mass is 10.0. The van der Waals surface area contributed by atoms with Crippen molar-refractivity contribution in [3.63, 3.8) is 0 Å². The monoisotopic (exact) mass is 488 g/mol. The van der Waals surface area contributed by atoms with Gasteiger partial charge in [-0.15, -0.1) is 11.3 Å². The summed E-state index contributed by atoms with van der Waals surface area (Å²) in [6, 6.07) is 8.98. The lowest BCUT2D eigenvalue weighted by Crippen LogP contribution is -2.58. The van der Waals surface area contributed by atoms with Gasteiger partial charge in [-0.05, 0) is 50.1 Å². The van der Waals surface area contributed by atoms with Gasteiger partial charge in [0.25, 0.3) is 0 Å². The number of rotatable bonds is 3. The largest absolute Gasteiger partial charge is 0.340 e. The number of thiazole rings is 1. The number of fused-ring (bicyclic) bond motifs is 2. The Bertz CT molecular complexity index is 1420. The first kappa shape index (κ1) is 22.0. The van der Waals surface area contributed by atoms with Gasteiger partial charge >= 0.3 is 6.03 Å². The maximum atomic E-state index is 13.1. The molecule has 6 rings (SSSR count). The van der Waals surface area contributed by atoms with Crippen LogP contribution in [-0.4, -0.2) is 74.0 Å². The van der Waals surface area contributed by atoms with Crippen molar-refractivity contribution >= 4 is 55.7 Å². The zero-order valence-corrected chi connectivity index (χ0v) is 20.6. The molecule has 2 aliphatic heterocycles. The minimum Gasteiger partial charge on any atom is -0.340 e. The number of H-pyrrole nitrogens is 1. The minimum atomic E-state index is 0.132. The van der Waals surface area contributed by atoms with Gasteiger partial charge in [0, 0.05) is 49.6 Å². The lowest BCUT2D eigenvalue weighted by molar-refractivity contribution is 0.131. The highest BCUT2D eigenvalue weighted by Gasteiger charge is 2.29. The number of aromatic amines is 1. The Morgan fingerprint density at radius 1 is 1.11 bits per heavy atom. The standard InChI is InChI=1S/C25H28N8OS/c1-15-11-33(12-16(2)29-15)25(34)32-7-5-17(6-8-32)21-10-19-23(26-13-27-24(19)31-21)30-18-3-4-20-22(9-18)35-14-28-20/h3-5,9-10,13-16,29H,6-8,11-12H2,1-2H3,(H2,26,27,30,31). The van der Waals surface area contributed by atoms with Gasteiger partial charge in [0.05, 0.1) is 21.1 Å². The van der Waals surface area contributed by atoms with Crippen LogP contribution in [0.5, 0.6) is 0 Å². The summed E-state index contributed by atoms with van der Waals surface area (Å²) < 4.78 is 1.13. The van der Waals surface area contributed by atoms with E-state index in [0.29, 0.717) is 25.2 Å². The molecule has 0 saturated carbocycles. The van der Waals surface area contributed by atoms with Crippen molar-refractivity contribution < 1.29 is 4.79 Å². The summed E-state index contributed by atoms with van der Waals surface area (Å²) in [6.07, 6.45) is 4.52. The Morgan fingerprint density at radius 3 is 2.77 bits per heavy atom. The molecule has 4 aromatic rings. The number of nitrogens with zero attached hydrogens (tertiary/aromatic N) is 5. The first-order chi connectivity index (χ1) is 17.0. The summed E-state index contributed by atoms with van der Waals surface area (Å²) in [5.41, 5.74) is 6.83. The Labute approximate surface area is 207 Å². The number of carbonyl (C=O) groups is 1. The van der Waals surface area contributed by atoms with Crippen LogP contribution in [0.15, 0.2) is 42.2 Å². The van der Waals surface area contributed by atoms with E-state index in [1.165, 1.54) is 5.57 Å². The van der Waals surface area contributed by atoms with E-state index in [1.54, 1.807) is 17.7 Å². The number of anilines is 2. The van der Waals surface area contributed by atoms with Crippen molar-refractivity contribution in [1.29, 1.82) is 0 Å². The van der Waals surface area contributed by atoms with E-state index in [-0.39, 0.29) is 6.03 Å². The van der Waals surface area contributed by atoms with E-state index in [2.05, 4.69) is 62.6 Å². The van der Waals surface area contributed by atoms with Crippen molar-refractivity contribution in [2.75, 3.05) is 31.5 Å². The number of amides is 2. The minimum absolute atomic E-state index is 0.132. The third-order valence-electron chi connectivity index (χ3n) is 6.67. The fourth-order valence-electron chi connectivity index (χ4n) is 5.05. The zero-order chi connectivity index (χ0) is 23.9. The van der Waals surface area contributed by atoms with Crippen LogP contribution >= 0.6 is 11.3 Å². The zero-order valence-electron chi connectivity index (χ0n) is 19.8. The quantitative estimate of drug-likeness (QED) is 0.399. The van der Waals surface area contributed by atoms with Crippen LogP contribution in [0.1, 0.15) is 26.0 Å². The second kappa shape index (κ2) is 8.94. The van der Waals surface area contributed by atoms with Gasteiger partial charge in [-0.25, -0.2) is 19.7 Å². The van der Waals surface area contributed by atoms with Gasteiger partial charge < -0.3 is 25.4 Å². The molecule has 10 heteroatoms. The van der Waals surface area contributed by atoms with E-state index in [1.807, 2.05) is 27.4 Å². The highest BCUT2D eigenvalue weighted by molar-refractivity contribution is 7.16. The molecule has 1 saturated heterocycles. The first-order valence-corrected chi connectivity index (χ1v) is 12.8. The normalized spacial score (nSPS) is 20.9. The molecule has 3 N–H and O–H groups in total. The molecular formula is C25H28N8OS. The molecule has 35 heavy (non-hydrogen) atoms. The number of aromatic nitrogens is 4. The average Bonchev–Trinajstić information content (AvgIpc) is 3.50. The molecule has 2 amide bonds. The average molecular weight is 489 g/mol. The number of urea groups is 1. The molecule has 3 aromatic heterocycles. The fraction of sp³-hybridized carbons (Fsp3) is 0.360. The van der Waals surface area contributed by atoms with Gasteiger partial charge in [-0.1, -0.05) is 6.08 Å². The van der Waals surface area contributed by atoms with Crippen LogP contribution in [-0.2, 0) is 0 Å². The van der Waals surface area contributed by atoms with Gasteiger partial charge in [0.1, 0.15) is 17.8 Å². The summed E-state index contributed by atoms with van der Waals surface area (Å²) in [5.74, 6) is 0.761. The molecule has 0 radical (unpaired) electrons. The maximum Gasteiger partial charge on any atom is 0.320 e. The fourth-order valence-corrected chi connectivity index (χ4v) is 5.77. The van der Waals surface area contributed by atoms with Crippen molar-refractivity contribution in [3.8, 4) is 0 Å². The van der Waals surface area contributed by atoms with Gasteiger partial charge in [-0.3, -0.25) is 0 Å². The van der Waals surface area contributed by atoms with Crippen molar-refractivity contribution in [2.24, 2.45) is 0 Å². The lowest BCUT2D eigenvalue weighted by Gasteiger charge is -2.39. The molecule has 1 aromatic carbocycles. The maximum absolute atomic E-state index is 13.1. The van der Waals surface area contributed by atoms with Crippen LogP contribution in [0, 0.1) is 0 Å². The Balaban J connectivity index is 1.19. The van der Waals surface area contributed by atoms with E-state index in [0.717, 1.165) is 58.0 Å². The number of benzene rings is 1. The van der Waals surface area contributed by atoms with Gasteiger partial charge in [0.15, 0.2) is 0 Å². The Hall–Kier alpha value is -3.50. The van der Waals surface area contributed by atoms with Crippen molar-refractivity contribution in [2.45, 2.75) is 32.4 Å².